The van der Waals surface area contributed by atoms with Gasteiger partial charge in [0.1, 0.15) is 5.76 Å². The van der Waals surface area contributed by atoms with Gasteiger partial charge in [-0.3, -0.25) is 0 Å². The summed E-state index contributed by atoms with van der Waals surface area (Å²) in [6, 6.07) is 3.91. The zero-order valence-corrected chi connectivity index (χ0v) is 8.85. The van der Waals surface area contributed by atoms with Crippen LogP contribution in [0.1, 0.15) is 44.4 Å². The van der Waals surface area contributed by atoms with Crippen LogP contribution < -0.4 is 5.73 Å². The van der Waals surface area contributed by atoms with Crippen molar-refractivity contribution in [1.29, 1.82) is 0 Å². The minimum Gasteiger partial charge on any atom is -0.468 e. The highest BCUT2D eigenvalue weighted by atomic mass is 35.5. The topological polar surface area (TPSA) is 39.2 Å². The van der Waals surface area contributed by atoms with Crippen molar-refractivity contribution in [1.82, 2.24) is 0 Å². The van der Waals surface area contributed by atoms with E-state index < -0.39 is 0 Å². The lowest BCUT2D eigenvalue weighted by molar-refractivity contribution is 0.441. The Bertz CT molecular complexity index is 199. The molecule has 2 N–H and O–H groups in total. The molecule has 0 aliphatic rings. The Morgan fingerprint density at radius 3 is 2.77 bits per heavy atom. The monoisotopic (exact) mass is 203 g/mol. The van der Waals surface area contributed by atoms with E-state index in [-0.39, 0.29) is 18.4 Å². The molecule has 3 heteroatoms. The third-order valence-corrected chi connectivity index (χ3v) is 2.03. The van der Waals surface area contributed by atoms with Gasteiger partial charge in [0.15, 0.2) is 0 Å². The number of nitrogens with two attached hydrogens (primary N) is 1. The molecule has 76 valence electrons. The van der Waals surface area contributed by atoms with Crippen molar-refractivity contribution in [2.45, 2.75) is 38.6 Å². The van der Waals surface area contributed by atoms with Crippen LogP contribution in [-0.4, -0.2) is 0 Å². The van der Waals surface area contributed by atoms with Crippen LogP contribution in [0.3, 0.4) is 0 Å². The molecule has 0 fully saturated rings. The summed E-state index contributed by atoms with van der Waals surface area (Å²) in [5, 5.41) is 0. The van der Waals surface area contributed by atoms with E-state index >= 15 is 0 Å². The van der Waals surface area contributed by atoms with E-state index in [2.05, 4.69) is 6.92 Å². The molecule has 1 atom stereocenters. The molecule has 1 aromatic heterocycles. The van der Waals surface area contributed by atoms with Crippen LogP contribution in [0, 0.1) is 0 Å². The van der Waals surface area contributed by atoms with Gasteiger partial charge in [0.05, 0.1) is 12.3 Å². The van der Waals surface area contributed by atoms with Gasteiger partial charge in [-0.15, -0.1) is 12.4 Å². The zero-order valence-electron chi connectivity index (χ0n) is 8.03. The number of halogens is 1. The van der Waals surface area contributed by atoms with Crippen LogP contribution in [0.2, 0.25) is 0 Å². The minimum absolute atomic E-state index is 0. The summed E-state index contributed by atoms with van der Waals surface area (Å²) < 4.78 is 5.20. The maximum atomic E-state index is 5.89. The average molecular weight is 204 g/mol. The molecular weight excluding hydrogens is 186 g/mol. The first-order chi connectivity index (χ1) is 5.84. The van der Waals surface area contributed by atoms with E-state index in [1.165, 1.54) is 19.3 Å². The molecule has 1 aromatic rings. The van der Waals surface area contributed by atoms with Crippen LogP contribution in [0.5, 0.6) is 0 Å². The van der Waals surface area contributed by atoms with Crippen LogP contribution in [0.4, 0.5) is 0 Å². The fraction of sp³-hybridized carbons (Fsp3) is 0.600. The number of unbranched alkanes of at least 4 members (excludes halogenated alkanes) is 2. The van der Waals surface area contributed by atoms with Crippen molar-refractivity contribution < 1.29 is 4.42 Å². The fourth-order valence-electron chi connectivity index (χ4n) is 1.26. The molecule has 0 amide bonds. The SMILES string of the molecule is CCCCC[C@H](N)c1ccco1.Cl. The summed E-state index contributed by atoms with van der Waals surface area (Å²) >= 11 is 0. The predicted molar refractivity (Wildman–Crippen MR) is 57.0 cm³/mol. The lowest BCUT2D eigenvalue weighted by atomic mass is 10.1. The first kappa shape index (κ1) is 12.5. The molecule has 0 aromatic carbocycles. The van der Waals surface area contributed by atoms with Crippen LogP contribution >= 0.6 is 12.4 Å². The Kier molecular flexibility index (Phi) is 6.73. The maximum absolute atomic E-state index is 5.89. The van der Waals surface area contributed by atoms with Gasteiger partial charge in [-0.05, 0) is 18.6 Å². The summed E-state index contributed by atoms with van der Waals surface area (Å²) in [4.78, 5) is 0. The highest BCUT2D eigenvalue weighted by Gasteiger charge is 2.06. The first-order valence-electron chi connectivity index (χ1n) is 4.63. The van der Waals surface area contributed by atoms with Crippen molar-refractivity contribution in [3.8, 4) is 0 Å². The van der Waals surface area contributed by atoms with Crippen LogP contribution in [-0.2, 0) is 0 Å². The highest BCUT2D eigenvalue weighted by Crippen LogP contribution is 2.17. The van der Waals surface area contributed by atoms with Gasteiger partial charge in [-0.1, -0.05) is 26.2 Å². The molecule has 0 bridgehead atoms. The Hall–Kier alpha value is -0.470. The lowest BCUT2D eigenvalue weighted by Gasteiger charge is -2.06. The van der Waals surface area contributed by atoms with Gasteiger partial charge in [-0.2, -0.15) is 0 Å². The summed E-state index contributed by atoms with van der Waals surface area (Å²) in [7, 11) is 0. The lowest BCUT2D eigenvalue weighted by Crippen LogP contribution is -2.08. The summed E-state index contributed by atoms with van der Waals surface area (Å²) in [6.07, 6.45) is 6.40. The van der Waals surface area contributed by atoms with E-state index in [0.717, 1.165) is 12.2 Å². The molecule has 0 saturated carbocycles. The highest BCUT2D eigenvalue weighted by molar-refractivity contribution is 5.85. The molecule has 0 unspecified atom stereocenters. The van der Waals surface area contributed by atoms with Crippen molar-refractivity contribution >= 4 is 12.4 Å². The van der Waals surface area contributed by atoms with Crippen molar-refractivity contribution in [2.24, 2.45) is 5.73 Å². The molecule has 0 spiro atoms. The molecule has 1 heterocycles. The third kappa shape index (κ3) is 4.34. The Labute approximate surface area is 85.9 Å². The molecule has 0 radical (unpaired) electrons. The van der Waals surface area contributed by atoms with Gasteiger partial charge in [0.2, 0.25) is 0 Å². The third-order valence-electron chi connectivity index (χ3n) is 2.03. The van der Waals surface area contributed by atoms with Gasteiger partial charge < -0.3 is 10.2 Å². The van der Waals surface area contributed by atoms with Crippen LogP contribution in [0.15, 0.2) is 22.8 Å². The predicted octanol–water partition coefficient (Wildman–Crippen LogP) is 3.28. The quantitative estimate of drug-likeness (QED) is 0.746. The van der Waals surface area contributed by atoms with Gasteiger partial charge in [0, 0.05) is 0 Å². The number of hydrogen-bond donors (Lipinski definition) is 1. The van der Waals surface area contributed by atoms with Crippen molar-refractivity contribution in [3.63, 3.8) is 0 Å². The molecule has 2 nitrogen and oxygen atoms in total. The normalized spacial score (nSPS) is 12.2. The molecule has 0 aliphatic heterocycles. The van der Waals surface area contributed by atoms with Crippen molar-refractivity contribution in [3.05, 3.63) is 24.2 Å². The number of rotatable bonds is 5. The zero-order chi connectivity index (χ0) is 8.81. The fourth-order valence-corrected chi connectivity index (χ4v) is 1.26. The van der Waals surface area contributed by atoms with E-state index in [1.54, 1.807) is 6.26 Å². The van der Waals surface area contributed by atoms with Gasteiger partial charge in [0.25, 0.3) is 0 Å². The first-order valence-corrected chi connectivity index (χ1v) is 4.63. The average Bonchev–Trinajstić information content (AvgIpc) is 2.56. The van der Waals surface area contributed by atoms with E-state index in [1.807, 2.05) is 12.1 Å². The van der Waals surface area contributed by atoms with Gasteiger partial charge >= 0.3 is 0 Å². The second-order valence-electron chi connectivity index (χ2n) is 3.12. The summed E-state index contributed by atoms with van der Waals surface area (Å²) in [5.41, 5.74) is 5.89. The van der Waals surface area contributed by atoms with E-state index in [0.29, 0.717) is 0 Å². The number of furan rings is 1. The summed E-state index contributed by atoms with van der Waals surface area (Å²) in [5.74, 6) is 0.908. The molecule has 13 heavy (non-hydrogen) atoms. The summed E-state index contributed by atoms with van der Waals surface area (Å²) in [6.45, 7) is 2.19. The second-order valence-corrected chi connectivity index (χ2v) is 3.12. The smallest absolute Gasteiger partial charge is 0.120 e. The molecule has 0 aliphatic carbocycles. The standard InChI is InChI=1S/C10H17NO.ClH/c1-2-3-4-6-9(11)10-7-5-8-12-10;/h5,7-9H,2-4,6,11H2,1H3;1H/t9-;/m0./s1. The minimum atomic E-state index is 0. The number of hydrogen-bond acceptors (Lipinski definition) is 2. The maximum Gasteiger partial charge on any atom is 0.120 e. The Balaban J connectivity index is 0.00000144. The van der Waals surface area contributed by atoms with E-state index in [4.69, 9.17) is 10.2 Å². The Morgan fingerprint density at radius 1 is 1.46 bits per heavy atom. The van der Waals surface area contributed by atoms with Crippen molar-refractivity contribution in [2.75, 3.05) is 0 Å². The van der Waals surface area contributed by atoms with Gasteiger partial charge in [-0.25, -0.2) is 0 Å². The largest absolute Gasteiger partial charge is 0.468 e. The molecular formula is C10H18ClNO. The Morgan fingerprint density at radius 2 is 2.23 bits per heavy atom. The second kappa shape index (κ2) is 6.98. The molecule has 1 rings (SSSR count). The van der Waals surface area contributed by atoms with Crippen LogP contribution in [0.25, 0.3) is 0 Å². The van der Waals surface area contributed by atoms with E-state index in [9.17, 15) is 0 Å². The molecule has 0 saturated heterocycles.